The van der Waals surface area contributed by atoms with Gasteiger partial charge in [0.2, 0.25) is 15.9 Å². The lowest BCUT2D eigenvalue weighted by Gasteiger charge is -2.26. The Labute approximate surface area is 233 Å². The van der Waals surface area contributed by atoms with Crippen LogP contribution in [0.25, 0.3) is 0 Å². The average molecular weight is 561 g/mol. The number of sulfonamides is 1. The van der Waals surface area contributed by atoms with Gasteiger partial charge in [0.1, 0.15) is 12.4 Å². The quantitative estimate of drug-likeness (QED) is 0.438. The van der Waals surface area contributed by atoms with E-state index in [0.717, 1.165) is 44.1 Å². The molecule has 0 radical (unpaired) electrons. The van der Waals surface area contributed by atoms with Crippen LogP contribution in [0.1, 0.15) is 68.1 Å². The lowest BCUT2D eigenvalue weighted by Crippen LogP contribution is -2.41. The van der Waals surface area contributed by atoms with Crippen molar-refractivity contribution in [3.63, 3.8) is 0 Å². The molecule has 9 heteroatoms. The second kappa shape index (κ2) is 15.4. The van der Waals surface area contributed by atoms with Gasteiger partial charge in [0.15, 0.2) is 0 Å². The Hall–Kier alpha value is -2.46. The van der Waals surface area contributed by atoms with Gasteiger partial charge in [-0.3, -0.25) is 4.79 Å². The summed E-state index contributed by atoms with van der Waals surface area (Å²) >= 11 is 0. The first kappa shape index (κ1) is 31.1. The third-order valence-corrected chi connectivity index (χ3v) is 9.61. The zero-order valence-corrected chi connectivity index (χ0v) is 24.3. The molecule has 2 N–H and O–H groups in total. The second-order valence-corrected chi connectivity index (χ2v) is 12.2. The molecule has 1 amide bonds. The highest BCUT2D eigenvalue weighted by molar-refractivity contribution is 7.89. The molecule has 1 aliphatic heterocycles. The smallest absolute Gasteiger partial charge is 0.246 e. The van der Waals surface area contributed by atoms with Gasteiger partial charge in [-0.25, -0.2) is 8.42 Å². The van der Waals surface area contributed by atoms with Crippen molar-refractivity contribution in [2.45, 2.75) is 88.8 Å². The first-order valence-electron chi connectivity index (χ1n) is 13.9. The van der Waals surface area contributed by atoms with Crippen LogP contribution in [0.3, 0.4) is 0 Å². The van der Waals surface area contributed by atoms with Gasteiger partial charge in [-0.2, -0.15) is 4.31 Å². The lowest BCUT2D eigenvalue weighted by molar-refractivity contribution is -0.126. The summed E-state index contributed by atoms with van der Waals surface area (Å²) in [6, 6.07) is 13.0. The molecule has 2 aliphatic rings. The number of rotatable bonds is 9. The molecule has 2 aromatic carbocycles. The van der Waals surface area contributed by atoms with E-state index >= 15 is 0 Å². The monoisotopic (exact) mass is 560 g/mol. The molecule has 1 atom stereocenters. The van der Waals surface area contributed by atoms with Crippen molar-refractivity contribution < 1.29 is 27.8 Å². The number of hydrogen-bond acceptors (Lipinski definition) is 6. The summed E-state index contributed by atoms with van der Waals surface area (Å²) in [5.74, 6) is 0.538. The van der Waals surface area contributed by atoms with Crippen molar-refractivity contribution in [2.75, 3.05) is 26.9 Å². The van der Waals surface area contributed by atoms with Crippen molar-refractivity contribution in [2.24, 2.45) is 0 Å². The van der Waals surface area contributed by atoms with E-state index in [-0.39, 0.29) is 37.8 Å². The number of hydrogen-bond donors (Lipinski definition) is 2. The molecular weight excluding hydrogens is 516 g/mol. The minimum absolute atomic E-state index is 0.0263. The van der Waals surface area contributed by atoms with Crippen LogP contribution in [0.4, 0.5) is 0 Å². The van der Waals surface area contributed by atoms with E-state index in [1.165, 1.54) is 17.1 Å². The molecule has 39 heavy (non-hydrogen) atoms. The summed E-state index contributed by atoms with van der Waals surface area (Å²) in [6.45, 7) is 4.40. The van der Waals surface area contributed by atoms with Crippen LogP contribution in [0.15, 0.2) is 47.4 Å². The molecular formula is C30H44N2O6S. The van der Waals surface area contributed by atoms with Gasteiger partial charge in [0, 0.05) is 18.6 Å². The van der Waals surface area contributed by atoms with Crippen LogP contribution in [-0.2, 0) is 26.2 Å². The number of aliphatic hydroxyl groups excluding tert-OH is 1. The number of ether oxygens (including phenoxy) is 2. The number of benzene rings is 2. The first-order valence-corrected chi connectivity index (χ1v) is 15.4. The van der Waals surface area contributed by atoms with Gasteiger partial charge >= 0.3 is 0 Å². The maximum atomic E-state index is 13.4. The average Bonchev–Trinajstić information content (AvgIpc) is 3.26. The Morgan fingerprint density at radius 3 is 2.21 bits per heavy atom. The van der Waals surface area contributed by atoms with E-state index in [1.54, 1.807) is 33.1 Å². The van der Waals surface area contributed by atoms with E-state index in [2.05, 4.69) is 5.32 Å². The summed E-state index contributed by atoms with van der Waals surface area (Å²) in [5.41, 5.74) is 2.31. The largest absolute Gasteiger partial charge is 0.497 e. The molecule has 1 saturated heterocycles. The molecule has 0 aromatic heterocycles. The highest BCUT2D eigenvalue weighted by atomic mass is 32.2. The fourth-order valence-corrected chi connectivity index (χ4v) is 7.50. The summed E-state index contributed by atoms with van der Waals surface area (Å²) in [7, 11) is -2.08. The fourth-order valence-electron chi connectivity index (χ4n) is 5.41. The molecule has 1 saturated carbocycles. The normalized spacial score (nSPS) is 18.6. The molecule has 0 bridgehead atoms. The van der Waals surface area contributed by atoms with Crippen molar-refractivity contribution in [3.8, 4) is 5.75 Å². The predicted octanol–water partition coefficient (Wildman–Crippen LogP) is 4.50. The van der Waals surface area contributed by atoms with E-state index in [4.69, 9.17) is 14.6 Å². The van der Waals surface area contributed by atoms with Gasteiger partial charge in [-0.05, 0) is 68.4 Å². The number of carbonyl (C=O) groups is 1. The Kier molecular flexibility index (Phi) is 12.2. The van der Waals surface area contributed by atoms with Gasteiger partial charge < -0.3 is 19.9 Å². The van der Waals surface area contributed by atoms with Gasteiger partial charge in [-0.15, -0.1) is 0 Å². The van der Waals surface area contributed by atoms with Gasteiger partial charge in [0.05, 0.1) is 25.2 Å². The summed E-state index contributed by atoms with van der Waals surface area (Å²) in [5, 5.41) is 11.6. The summed E-state index contributed by atoms with van der Waals surface area (Å²) in [6.07, 6.45) is 8.37. The van der Waals surface area contributed by atoms with Crippen molar-refractivity contribution >= 4 is 15.9 Å². The minimum atomic E-state index is -3.65. The van der Waals surface area contributed by atoms with Crippen LogP contribution >= 0.6 is 0 Å². The zero-order valence-electron chi connectivity index (χ0n) is 23.5. The number of aryl methyl sites for hydroxylation is 2. The van der Waals surface area contributed by atoms with E-state index in [9.17, 15) is 13.2 Å². The Morgan fingerprint density at radius 2 is 1.64 bits per heavy atom. The van der Waals surface area contributed by atoms with Gasteiger partial charge in [0.25, 0.3) is 0 Å². The standard InChI is InChI=1S/C23H36N2O5S.C7H8O/c1-17-13-21(29-3)14-18(2)23(17)31(27,28)25-12-8-11-20(25)15-30-16-22(26)24-19-9-6-4-5-7-10-19;8-6-7-4-2-1-3-5-7/h13-14,19-20H,4-12,15-16H2,1-3H3,(H,24,26);1-5,8H,6H2/t20-;/m0./s1. The molecule has 8 nitrogen and oxygen atoms in total. The third-order valence-electron chi connectivity index (χ3n) is 7.35. The van der Waals surface area contributed by atoms with Crippen LogP contribution < -0.4 is 10.1 Å². The van der Waals surface area contributed by atoms with Crippen LogP contribution in [0.2, 0.25) is 0 Å². The number of methoxy groups -OCH3 is 1. The Balaban J connectivity index is 0.000000449. The SMILES string of the molecule is COc1cc(C)c(S(=O)(=O)N2CCC[C@H]2COCC(=O)NC2CCCCCC2)c(C)c1.OCc1ccccc1. The molecule has 216 valence electrons. The highest BCUT2D eigenvalue weighted by Crippen LogP contribution is 2.32. The molecule has 0 unspecified atom stereocenters. The number of nitrogens with one attached hydrogen (secondary N) is 1. The number of carbonyl (C=O) groups excluding carboxylic acids is 1. The zero-order chi connectivity index (χ0) is 28.3. The minimum Gasteiger partial charge on any atom is -0.497 e. The maximum Gasteiger partial charge on any atom is 0.246 e. The Bertz CT molecular complexity index is 1120. The van der Waals surface area contributed by atoms with Crippen LogP contribution in [0, 0.1) is 13.8 Å². The summed E-state index contributed by atoms with van der Waals surface area (Å²) < 4.78 is 39.3. The Morgan fingerprint density at radius 1 is 1.00 bits per heavy atom. The topological polar surface area (TPSA) is 105 Å². The van der Waals surface area contributed by atoms with Crippen molar-refractivity contribution in [1.29, 1.82) is 0 Å². The molecule has 1 heterocycles. The van der Waals surface area contributed by atoms with E-state index in [1.807, 2.05) is 30.3 Å². The van der Waals surface area contributed by atoms with Crippen molar-refractivity contribution in [1.82, 2.24) is 9.62 Å². The van der Waals surface area contributed by atoms with Crippen LogP contribution in [0.5, 0.6) is 5.75 Å². The molecule has 4 rings (SSSR count). The molecule has 0 spiro atoms. The highest BCUT2D eigenvalue weighted by Gasteiger charge is 2.37. The summed E-state index contributed by atoms with van der Waals surface area (Å²) in [4.78, 5) is 12.6. The molecule has 1 aliphatic carbocycles. The molecule has 2 aromatic rings. The van der Waals surface area contributed by atoms with E-state index < -0.39 is 10.0 Å². The van der Waals surface area contributed by atoms with Crippen LogP contribution in [-0.4, -0.2) is 62.7 Å². The second-order valence-electron chi connectivity index (χ2n) is 10.4. The predicted molar refractivity (Wildman–Crippen MR) is 152 cm³/mol. The number of aliphatic hydroxyl groups is 1. The lowest BCUT2D eigenvalue weighted by atomic mass is 10.1. The van der Waals surface area contributed by atoms with Crippen molar-refractivity contribution in [3.05, 3.63) is 59.2 Å². The molecule has 2 fully saturated rings. The third kappa shape index (κ3) is 9.03. The van der Waals surface area contributed by atoms with Gasteiger partial charge in [-0.1, -0.05) is 56.0 Å². The number of nitrogens with zero attached hydrogens (tertiary/aromatic N) is 1. The fraction of sp³-hybridized carbons (Fsp3) is 0.567. The van der Waals surface area contributed by atoms with E-state index in [0.29, 0.717) is 28.3 Å². The maximum absolute atomic E-state index is 13.4. The number of amides is 1. The first-order chi connectivity index (χ1) is 18.8.